The minimum Gasteiger partial charge on any atom is -0.380 e. The van der Waals surface area contributed by atoms with Crippen LogP contribution in [0.15, 0.2) is 81.5 Å². The van der Waals surface area contributed by atoms with Gasteiger partial charge in [0, 0.05) is 52.7 Å². The van der Waals surface area contributed by atoms with Crippen LogP contribution in [-0.2, 0) is 11.3 Å². The third-order valence-corrected chi connectivity index (χ3v) is 6.62. The van der Waals surface area contributed by atoms with Crippen molar-refractivity contribution in [3.63, 3.8) is 0 Å². The Bertz CT molecular complexity index is 1160. The van der Waals surface area contributed by atoms with Crippen molar-refractivity contribution in [2.45, 2.75) is 23.3 Å². The lowest BCUT2D eigenvalue weighted by molar-refractivity contribution is 0.0922. The Morgan fingerprint density at radius 2 is 1.88 bits per heavy atom. The van der Waals surface area contributed by atoms with Crippen LogP contribution < -0.4 is 5.32 Å². The lowest BCUT2D eigenvalue weighted by Gasteiger charge is -2.22. The number of hydrogen-bond acceptors (Lipinski definition) is 5. The number of hydrogen-bond donors (Lipinski definition) is 1. The van der Waals surface area contributed by atoms with E-state index < -0.39 is 0 Å². The van der Waals surface area contributed by atoms with Crippen molar-refractivity contribution in [3.8, 4) is 0 Å². The lowest BCUT2D eigenvalue weighted by atomic mass is 10.1. The summed E-state index contributed by atoms with van der Waals surface area (Å²) in [7, 11) is 2.03. The zero-order chi connectivity index (χ0) is 23.2. The zero-order valence-corrected chi connectivity index (χ0v) is 20.2. The molecule has 0 aromatic heterocycles. The third kappa shape index (κ3) is 5.77. The highest BCUT2D eigenvalue weighted by atomic mass is 35.5. The van der Waals surface area contributed by atoms with Crippen molar-refractivity contribution in [2.75, 3.05) is 26.8 Å². The Kier molecular flexibility index (Phi) is 7.70. The molecule has 3 aromatic carbocycles. The minimum atomic E-state index is -0.129. The van der Waals surface area contributed by atoms with E-state index >= 15 is 0 Å². The van der Waals surface area contributed by atoms with Crippen molar-refractivity contribution in [3.05, 3.63) is 88.4 Å². The van der Waals surface area contributed by atoms with Gasteiger partial charge < -0.3 is 15.0 Å². The van der Waals surface area contributed by atoms with Crippen molar-refractivity contribution < 1.29 is 9.53 Å². The molecule has 4 rings (SSSR count). The average Bonchev–Trinajstić information content (AvgIpc) is 2.99. The fourth-order valence-corrected chi connectivity index (χ4v) is 4.70. The number of benzene rings is 3. The molecule has 3 aromatic rings. The van der Waals surface area contributed by atoms with E-state index in [-0.39, 0.29) is 5.91 Å². The molecule has 0 aliphatic carbocycles. The van der Waals surface area contributed by atoms with Gasteiger partial charge in [0.15, 0.2) is 0 Å². The predicted molar refractivity (Wildman–Crippen MR) is 135 cm³/mol. The zero-order valence-electron chi connectivity index (χ0n) is 18.7. The largest absolute Gasteiger partial charge is 0.380 e. The van der Waals surface area contributed by atoms with E-state index in [1.807, 2.05) is 68.6 Å². The smallest absolute Gasteiger partial charge is 0.251 e. The van der Waals surface area contributed by atoms with Gasteiger partial charge in [-0.05, 0) is 48.9 Å². The van der Waals surface area contributed by atoms with E-state index in [9.17, 15) is 4.79 Å². The van der Waals surface area contributed by atoms with Crippen LogP contribution in [-0.4, -0.2) is 43.4 Å². The number of amidine groups is 1. The van der Waals surface area contributed by atoms with E-state index in [0.717, 1.165) is 37.5 Å². The maximum absolute atomic E-state index is 12.6. The van der Waals surface area contributed by atoms with Gasteiger partial charge in [-0.1, -0.05) is 53.7 Å². The number of nitrogens with zero attached hydrogens (tertiary/aromatic N) is 2. The summed E-state index contributed by atoms with van der Waals surface area (Å²) in [5.41, 5.74) is 3.58. The molecular formula is C26H26ClN3O2S. The molecule has 5 nitrogen and oxygen atoms in total. The van der Waals surface area contributed by atoms with E-state index in [1.54, 1.807) is 11.8 Å². The summed E-state index contributed by atoms with van der Waals surface area (Å²) in [5, 5.41) is 3.62. The maximum Gasteiger partial charge on any atom is 0.251 e. The first-order valence-electron chi connectivity index (χ1n) is 10.9. The Morgan fingerprint density at radius 1 is 1.09 bits per heavy atom. The van der Waals surface area contributed by atoms with Crippen LogP contribution in [0.5, 0.6) is 0 Å². The number of fused-ring (bicyclic) bond motifs is 2. The fourth-order valence-electron chi connectivity index (χ4n) is 3.58. The molecule has 0 fully saturated rings. The maximum atomic E-state index is 12.6. The SMILES string of the molecule is CCOCCNC(=O)c1ccc2c(c1)N=C(N(C)Cc1ccc(Cl)cc1)c1ccccc1S2. The van der Waals surface area contributed by atoms with Crippen LogP contribution in [0.4, 0.5) is 5.69 Å². The Hall–Kier alpha value is -2.80. The molecule has 1 aliphatic rings. The fraction of sp³-hybridized carbons (Fsp3) is 0.231. The summed E-state index contributed by atoms with van der Waals surface area (Å²) >= 11 is 7.72. The normalized spacial score (nSPS) is 12.3. The van der Waals surface area contributed by atoms with Crippen LogP contribution in [0.1, 0.15) is 28.4 Å². The standard InChI is InChI=1S/C26H26ClN3O2S/c1-3-32-15-14-28-26(31)19-10-13-24-22(16-19)29-25(21-6-4-5-7-23(21)33-24)30(2)17-18-8-11-20(27)12-9-18/h4-13,16H,3,14-15,17H2,1-2H3,(H,28,31). The summed E-state index contributed by atoms with van der Waals surface area (Å²) in [6, 6.07) is 21.8. The Labute approximate surface area is 203 Å². The van der Waals surface area contributed by atoms with Crippen LogP contribution in [0, 0.1) is 0 Å². The quantitative estimate of drug-likeness (QED) is 0.436. The molecule has 1 aliphatic heterocycles. The molecule has 33 heavy (non-hydrogen) atoms. The number of nitrogens with one attached hydrogen (secondary N) is 1. The second-order valence-corrected chi connectivity index (χ2v) is 9.17. The first-order valence-corrected chi connectivity index (χ1v) is 12.1. The molecule has 0 saturated heterocycles. The van der Waals surface area contributed by atoms with Crippen molar-refractivity contribution in [1.82, 2.24) is 10.2 Å². The molecule has 0 unspecified atom stereocenters. The van der Waals surface area contributed by atoms with Gasteiger partial charge in [-0.15, -0.1) is 0 Å². The predicted octanol–water partition coefficient (Wildman–Crippen LogP) is 5.78. The molecule has 1 amide bonds. The van der Waals surface area contributed by atoms with E-state index in [2.05, 4.69) is 22.3 Å². The van der Waals surface area contributed by atoms with Crippen LogP contribution in [0.25, 0.3) is 0 Å². The van der Waals surface area contributed by atoms with Gasteiger partial charge in [-0.2, -0.15) is 0 Å². The van der Waals surface area contributed by atoms with E-state index in [4.69, 9.17) is 21.3 Å². The molecule has 0 atom stereocenters. The van der Waals surface area contributed by atoms with Crippen molar-refractivity contribution in [1.29, 1.82) is 0 Å². The number of carbonyl (C=O) groups is 1. The Balaban J connectivity index is 1.65. The number of carbonyl (C=O) groups excluding carboxylic acids is 1. The number of halogens is 1. The molecule has 0 radical (unpaired) electrons. The van der Waals surface area contributed by atoms with Gasteiger partial charge in [0.1, 0.15) is 5.84 Å². The van der Waals surface area contributed by atoms with Gasteiger partial charge in [-0.25, -0.2) is 4.99 Å². The molecule has 0 bridgehead atoms. The van der Waals surface area contributed by atoms with Crippen LogP contribution in [0.3, 0.4) is 0 Å². The molecule has 1 heterocycles. The molecule has 7 heteroatoms. The molecule has 1 N–H and O–H groups in total. The number of rotatable bonds is 7. The van der Waals surface area contributed by atoms with E-state index in [1.165, 1.54) is 0 Å². The summed E-state index contributed by atoms with van der Waals surface area (Å²) in [6.07, 6.45) is 0. The second kappa shape index (κ2) is 10.9. The van der Waals surface area contributed by atoms with Gasteiger partial charge in [0.25, 0.3) is 5.91 Å². The number of ether oxygens (including phenoxy) is 1. The number of amides is 1. The van der Waals surface area contributed by atoms with Crippen molar-refractivity contribution >= 4 is 40.8 Å². The van der Waals surface area contributed by atoms with Gasteiger partial charge in [0.2, 0.25) is 0 Å². The highest BCUT2D eigenvalue weighted by Gasteiger charge is 2.21. The summed E-state index contributed by atoms with van der Waals surface area (Å²) < 4.78 is 5.31. The second-order valence-electron chi connectivity index (χ2n) is 7.65. The monoisotopic (exact) mass is 479 g/mol. The third-order valence-electron chi connectivity index (χ3n) is 5.23. The minimum absolute atomic E-state index is 0.129. The summed E-state index contributed by atoms with van der Waals surface area (Å²) in [5.74, 6) is 0.733. The highest BCUT2D eigenvalue weighted by Crippen LogP contribution is 2.41. The molecule has 170 valence electrons. The van der Waals surface area contributed by atoms with Gasteiger partial charge in [0.05, 0.1) is 12.3 Å². The van der Waals surface area contributed by atoms with Gasteiger partial charge in [-0.3, -0.25) is 4.79 Å². The van der Waals surface area contributed by atoms with Crippen molar-refractivity contribution in [2.24, 2.45) is 4.99 Å². The molecule has 0 saturated carbocycles. The van der Waals surface area contributed by atoms with Crippen LogP contribution >= 0.6 is 23.4 Å². The summed E-state index contributed by atoms with van der Waals surface area (Å²) in [4.78, 5) is 22.0. The first kappa shape index (κ1) is 23.4. The topological polar surface area (TPSA) is 53.9 Å². The molecular weight excluding hydrogens is 454 g/mol. The lowest BCUT2D eigenvalue weighted by Crippen LogP contribution is -2.27. The summed E-state index contributed by atoms with van der Waals surface area (Å²) in [6.45, 7) is 4.22. The number of aliphatic imine (C=N–C) groups is 1. The average molecular weight is 480 g/mol. The van der Waals surface area contributed by atoms with Gasteiger partial charge >= 0.3 is 0 Å². The highest BCUT2D eigenvalue weighted by molar-refractivity contribution is 7.99. The Morgan fingerprint density at radius 3 is 2.67 bits per heavy atom. The van der Waals surface area contributed by atoms with Crippen LogP contribution in [0.2, 0.25) is 5.02 Å². The van der Waals surface area contributed by atoms with E-state index in [0.29, 0.717) is 31.9 Å². The first-order chi connectivity index (χ1) is 16.0. The molecule has 0 spiro atoms.